The summed E-state index contributed by atoms with van der Waals surface area (Å²) >= 11 is 0. The molecule has 9 heteroatoms. The van der Waals surface area contributed by atoms with Gasteiger partial charge in [-0.05, 0) is 43.2 Å². The summed E-state index contributed by atoms with van der Waals surface area (Å²) in [5, 5.41) is 16.0. The number of carbonyl (C=O) groups is 2. The molecule has 9 nitrogen and oxygen atoms in total. The SMILES string of the molecule is CCCNC(=O)N1[C@@H]2c3ccc(-c4cccc(OC)c4)c(=O)n3C[C@H]1[C@H](CO)[C@H]2C(=O)NCC. The maximum absolute atomic E-state index is 13.6. The predicted octanol–water partition coefficient (Wildman–Crippen LogP) is 1.74. The molecule has 0 radical (unpaired) electrons. The zero-order valence-electron chi connectivity index (χ0n) is 19.8. The number of urea groups is 1. The maximum Gasteiger partial charge on any atom is 0.318 e. The highest BCUT2D eigenvalue weighted by atomic mass is 16.5. The Kier molecular flexibility index (Phi) is 6.92. The summed E-state index contributed by atoms with van der Waals surface area (Å²) in [6, 6.07) is 9.45. The van der Waals surface area contributed by atoms with Crippen molar-refractivity contribution in [3.8, 4) is 16.9 Å². The Balaban J connectivity index is 1.83. The molecule has 1 aromatic carbocycles. The molecule has 3 amide bonds. The number of nitrogens with zero attached hydrogens (tertiary/aromatic N) is 2. The van der Waals surface area contributed by atoms with E-state index < -0.39 is 23.9 Å². The lowest BCUT2D eigenvalue weighted by Crippen LogP contribution is -2.52. The van der Waals surface area contributed by atoms with Gasteiger partial charge in [-0.15, -0.1) is 0 Å². The summed E-state index contributed by atoms with van der Waals surface area (Å²) in [7, 11) is 1.57. The fraction of sp³-hybridized carbons (Fsp3) is 0.480. The summed E-state index contributed by atoms with van der Waals surface area (Å²) < 4.78 is 6.97. The molecule has 2 bridgehead atoms. The monoisotopic (exact) mass is 468 g/mol. The number of aliphatic hydroxyl groups excluding tert-OH is 1. The van der Waals surface area contributed by atoms with Gasteiger partial charge in [-0.1, -0.05) is 19.1 Å². The molecule has 34 heavy (non-hydrogen) atoms. The number of fused-ring (bicyclic) bond motifs is 4. The molecule has 0 spiro atoms. The Morgan fingerprint density at radius 3 is 2.65 bits per heavy atom. The van der Waals surface area contributed by atoms with Gasteiger partial charge in [0.05, 0.1) is 25.1 Å². The van der Waals surface area contributed by atoms with E-state index in [1.807, 2.05) is 38.1 Å². The third-order valence-corrected chi connectivity index (χ3v) is 6.84. The molecular formula is C25H32N4O5. The van der Waals surface area contributed by atoms with Crippen LogP contribution in [0.25, 0.3) is 11.1 Å². The van der Waals surface area contributed by atoms with Crippen LogP contribution in [0.15, 0.2) is 41.2 Å². The first-order valence-electron chi connectivity index (χ1n) is 11.8. The quantitative estimate of drug-likeness (QED) is 0.573. The first kappa shape index (κ1) is 23.8. The topological polar surface area (TPSA) is 113 Å². The molecule has 4 atom stereocenters. The van der Waals surface area contributed by atoms with Crippen molar-refractivity contribution < 1.29 is 19.4 Å². The molecule has 2 aliphatic rings. The van der Waals surface area contributed by atoms with E-state index in [4.69, 9.17) is 4.74 Å². The lowest BCUT2D eigenvalue weighted by molar-refractivity contribution is -0.127. The van der Waals surface area contributed by atoms with E-state index in [1.165, 1.54) is 0 Å². The number of methoxy groups -OCH3 is 1. The van der Waals surface area contributed by atoms with E-state index in [2.05, 4.69) is 10.6 Å². The fourth-order valence-electron chi connectivity index (χ4n) is 5.31. The van der Waals surface area contributed by atoms with E-state index in [-0.39, 0.29) is 30.6 Å². The highest BCUT2D eigenvalue weighted by Crippen LogP contribution is 2.48. The van der Waals surface area contributed by atoms with E-state index in [1.54, 1.807) is 28.7 Å². The first-order chi connectivity index (χ1) is 16.5. The largest absolute Gasteiger partial charge is 0.497 e. The van der Waals surface area contributed by atoms with Crippen LogP contribution in [0.4, 0.5) is 4.79 Å². The average molecular weight is 469 g/mol. The fourth-order valence-corrected chi connectivity index (χ4v) is 5.31. The molecule has 2 aromatic rings. The van der Waals surface area contributed by atoms with E-state index >= 15 is 0 Å². The molecule has 0 aliphatic carbocycles. The number of aliphatic hydroxyl groups is 1. The number of amides is 3. The van der Waals surface area contributed by atoms with Crippen molar-refractivity contribution in [1.29, 1.82) is 0 Å². The van der Waals surface area contributed by atoms with Gasteiger partial charge in [0.15, 0.2) is 0 Å². The smallest absolute Gasteiger partial charge is 0.318 e. The molecule has 2 aliphatic heterocycles. The van der Waals surface area contributed by atoms with Crippen LogP contribution in [0.5, 0.6) is 5.75 Å². The van der Waals surface area contributed by atoms with Crippen molar-refractivity contribution in [3.63, 3.8) is 0 Å². The van der Waals surface area contributed by atoms with E-state index in [0.717, 1.165) is 12.0 Å². The molecule has 3 heterocycles. The lowest BCUT2D eigenvalue weighted by atomic mass is 9.86. The van der Waals surface area contributed by atoms with Crippen LogP contribution in [0.3, 0.4) is 0 Å². The first-order valence-corrected chi connectivity index (χ1v) is 11.8. The summed E-state index contributed by atoms with van der Waals surface area (Å²) in [5.41, 5.74) is 1.66. The molecule has 0 saturated carbocycles. The van der Waals surface area contributed by atoms with Crippen molar-refractivity contribution in [3.05, 3.63) is 52.4 Å². The van der Waals surface area contributed by atoms with Gasteiger partial charge in [0.1, 0.15) is 5.75 Å². The lowest BCUT2D eigenvalue weighted by Gasteiger charge is -2.38. The number of carbonyl (C=O) groups excluding carboxylic acids is 2. The average Bonchev–Trinajstić information content (AvgIpc) is 3.09. The second-order valence-electron chi connectivity index (χ2n) is 8.74. The minimum Gasteiger partial charge on any atom is -0.497 e. The molecular weight excluding hydrogens is 436 g/mol. The predicted molar refractivity (Wildman–Crippen MR) is 127 cm³/mol. The molecule has 4 rings (SSSR count). The van der Waals surface area contributed by atoms with Crippen molar-refractivity contribution in [2.45, 2.75) is 38.9 Å². The van der Waals surface area contributed by atoms with Crippen LogP contribution in [-0.2, 0) is 11.3 Å². The summed E-state index contributed by atoms with van der Waals surface area (Å²) in [4.78, 5) is 41.6. The second-order valence-corrected chi connectivity index (χ2v) is 8.74. The van der Waals surface area contributed by atoms with Gasteiger partial charge in [-0.2, -0.15) is 0 Å². The normalized spacial score (nSPS) is 22.8. The van der Waals surface area contributed by atoms with Gasteiger partial charge in [0.2, 0.25) is 5.91 Å². The minimum absolute atomic E-state index is 0.192. The van der Waals surface area contributed by atoms with E-state index in [9.17, 15) is 19.5 Å². The van der Waals surface area contributed by atoms with Crippen molar-refractivity contribution in [2.24, 2.45) is 11.8 Å². The number of pyridine rings is 1. The molecule has 1 saturated heterocycles. The zero-order valence-corrected chi connectivity index (χ0v) is 19.8. The van der Waals surface area contributed by atoms with Gasteiger partial charge in [-0.25, -0.2) is 4.79 Å². The molecule has 0 unspecified atom stereocenters. The Hall–Kier alpha value is -3.33. The number of ether oxygens (including phenoxy) is 1. The molecule has 182 valence electrons. The van der Waals surface area contributed by atoms with Gasteiger partial charge >= 0.3 is 6.03 Å². The van der Waals surface area contributed by atoms with E-state index in [0.29, 0.717) is 30.1 Å². The Labute approximate surface area is 198 Å². The van der Waals surface area contributed by atoms with Gasteiger partial charge in [0, 0.05) is 43.4 Å². The van der Waals surface area contributed by atoms with Crippen LogP contribution >= 0.6 is 0 Å². The molecule has 1 aromatic heterocycles. The summed E-state index contributed by atoms with van der Waals surface area (Å²) in [5.74, 6) is -0.711. The number of benzene rings is 1. The van der Waals surface area contributed by atoms with Gasteiger partial charge in [-0.3, -0.25) is 9.59 Å². The Morgan fingerprint density at radius 1 is 1.18 bits per heavy atom. The Bertz CT molecular complexity index is 1130. The van der Waals surface area contributed by atoms with Crippen LogP contribution in [0, 0.1) is 11.8 Å². The van der Waals surface area contributed by atoms with Crippen LogP contribution < -0.4 is 20.9 Å². The number of rotatable bonds is 7. The third-order valence-electron chi connectivity index (χ3n) is 6.84. The number of hydrogen-bond donors (Lipinski definition) is 3. The van der Waals surface area contributed by atoms with Gasteiger partial charge in [0.25, 0.3) is 5.56 Å². The summed E-state index contributed by atoms with van der Waals surface area (Å²) in [6.45, 7) is 4.70. The summed E-state index contributed by atoms with van der Waals surface area (Å²) in [6.07, 6.45) is 0.776. The van der Waals surface area contributed by atoms with Crippen molar-refractivity contribution >= 4 is 11.9 Å². The van der Waals surface area contributed by atoms with Gasteiger partial charge < -0.3 is 29.9 Å². The van der Waals surface area contributed by atoms with Crippen LogP contribution in [0.1, 0.15) is 32.0 Å². The Morgan fingerprint density at radius 2 is 1.97 bits per heavy atom. The molecule has 3 N–H and O–H groups in total. The number of hydrogen-bond acceptors (Lipinski definition) is 5. The standard InChI is InChI=1S/C25H32N4O5/c1-4-11-27-25(33)29-20-13-28-19(22(29)21(18(20)14-30)23(31)26-5-2)10-9-17(24(28)32)15-7-6-8-16(12-15)34-3/h6-10,12,18,20-22,30H,4-5,11,13-14H2,1-3H3,(H,26,31)(H,27,33)/t18-,20-,21+,22+/m0/s1. The minimum atomic E-state index is -0.654. The molecule has 1 fully saturated rings. The van der Waals surface area contributed by atoms with Crippen molar-refractivity contribution in [2.75, 3.05) is 26.8 Å². The highest BCUT2D eigenvalue weighted by Gasteiger charge is 2.57. The highest BCUT2D eigenvalue weighted by molar-refractivity contribution is 5.84. The number of aromatic nitrogens is 1. The van der Waals surface area contributed by atoms with Crippen LogP contribution in [-0.4, -0.2) is 59.4 Å². The third kappa shape index (κ3) is 3.94. The second kappa shape index (κ2) is 9.89. The number of nitrogens with one attached hydrogen (secondary N) is 2. The van der Waals surface area contributed by atoms with Crippen LogP contribution in [0.2, 0.25) is 0 Å². The maximum atomic E-state index is 13.6. The zero-order chi connectivity index (χ0) is 24.4. The van der Waals surface area contributed by atoms with Crippen molar-refractivity contribution in [1.82, 2.24) is 20.1 Å².